The Bertz CT molecular complexity index is 1100. The number of carbonyl (C=O) groups excluding carboxylic acids is 1. The molecular formula is C20H19F4N5O. The van der Waals surface area contributed by atoms with Crippen LogP contribution < -0.4 is 15.5 Å². The van der Waals surface area contributed by atoms with Crippen LogP contribution in [0.25, 0.3) is 10.9 Å². The van der Waals surface area contributed by atoms with Crippen molar-refractivity contribution < 1.29 is 22.4 Å². The van der Waals surface area contributed by atoms with Crippen LogP contribution in [0.3, 0.4) is 0 Å². The average molecular weight is 421 g/mol. The van der Waals surface area contributed by atoms with Gasteiger partial charge in [0.25, 0.3) is 5.92 Å². The van der Waals surface area contributed by atoms with Gasteiger partial charge in [0.2, 0.25) is 0 Å². The van der Waals surface area contributed by atoms with Crippen LogP contribution in [0.15, 0.2) is 30.6 Å². The molecule has 1 aromatic carbocycles. The third-order valence-electron chi connectivity index (χ3n) is 5.07. The number of carbonyl (C=O) groups is 1. The van der Waals surface area contributed by atoms with Crippen molar-refractivity contribution in [1.29, 1.82) is 0 Å². The van der Waals surface area contributed by atoms with Crippen molar-refractivity contribution >= 4 is 34.1 Å². The second-order valence-corrected chi connectivity index (χ2v) is 7.30. The Morgan fingerprint density at radius 3 is 2.53 bits per heavy atom. The monoisotopic (exact) mass is 421 g/mol. The summed E-state index contributed by atoms with van der Waals surface area (Å²) in [5.74, 6) is -4.04. The topological polar surface area (TPSA) is 73.0 Å². The molecule has 1 aliphatic heterocycles. The maximum Gasteiger partial charge on any atom is 0.323 e. The molecule has 0 unspecified atom stereocenters. The van der Waals surface area contributed by atoms with Gasteiger partial charge in [-0.1, -0.05) is 0 Å². The van der Waals surface area contributed by atoms with Gasteiger partial charge in [0.15, 0.2) is 11.6 Å². The molecule has 30 heavy (non-hydrogen) atoms. The number of rotatable bonds is 3. The van der Waals surface area contributed by atoms with Crippen molar-refractivity contribution in [3.05, 3.63) is 47.8 Å². The van der Waals surface area contributed by atoms with Crippen LogP contribution in [-0.2, 0) is 0 Å². The summed E-state index contributed by atoms with van der Waals surface area (Å²) in [6, 6.07) is 3.11. The Morgan fingerprint density at radius 2 is 1.83 bits per heavy atom. The number of pyridine rings is 1. The van der Waals surface area contributed by atoms with Crippen LogP contribution >= 0.6 is 0 Å². The Labute approximate surface area is 169 Å². The predicted octanol–water partition coefficient (Wildman–Crippen LogP) is 5.03. The normalized spacial score (nSPS) is 16.0. The van der Waals surface area contributed by atoms with E-state index in [2.05, 4.69) is 20.6 Å². The molecule has 0 aliphatic carbocycles. The van der Waals surface area contributed by atoms with Gasteiger partial charge < -0.3 is 20.5 Å². The first-order valence-corrected chi connectivity index (χ1v) is 9.35. The molecule has 3 N–H and O–H groups in total. The molecule has 3 heterocycles. The zero-order chi connectivity index (χ0) is 21.5. The molecule has 1 saturated heterocycles. The number of anilines is 3. The lowest BCUT2D eigenvalue weighted by Crippen LogP contribution is -2.40. The Hall–Kier alpha value is -3.30. The average Bonchev–Trinajstić information content (AvgIpc) is 3.04. The largest absolute Gasteiger partial charge is 0.359 e. The number of nitrogens with one attached hydrogen (secondary N) is 3. The van der Waals surface area contributed by atoms with E-state index in [1.165, 1.54) is 12.4 Å². The second kappa shape index (κ2) is 7.51. The molecular weight excluding hydrogens is 402 g/mol. The molecule has 1 fully saturated rings. The summed E-state index contributed by atoms with van der Waals surface area (Å²) in [4.78, 5) is 21.2. The number of piperidine rings is 1. The standard InChI is InChI=1S/C20H19F4N5O/c1-11-6-12(9-26-18(11)29-4-2-20(23,24)3-5-29)27-19(30)28-17-10-25-16-8-15(22)14(21)7-13(16)17/h6-10,25H,2-5H2,1H3,(H2,27,28,30). The molecule has 158 valence electrons. The van der Waals surface area contributed by atoms with Gasteiger partial charge in [-0.2, -0.15) is 0 Å². The molecule has 6 nitrogen and oxygen atoms in total. The van der Waals surface area contributed by atoms with Gasteiger partial charge in [-0.3, -0.25) is 0 Å². The number of nitrogens with zero attached hydrogens (tertiary/aromatic N) is 2. The number of aromatic amines is 1. The van der Waals surface area contributed by atoms with Crippen molar-refractivity contribution in [2.24, 2.45) is 0 Å². The van der Waals surface area contributed by atoms with Gasteiger partial charge in [-0.05, 0) is 24.6 Å². The first-order valence-electron chi connectivity index (χ1n) is 9.35. The number of amides is 2. The number of halogens is 4. The number of hydrogen-bond acceptors (Lipinski definition) is 3. The number of hydrogen-bond donors (Lipinski definition) is 3. The summed E-state index contributed by atoms with van der Waals surface area (Å²) < 4.78 is 53.5. The summed E-state index contributed by atoms with van der Waals surface area (Å²) in [6.07, 6.45) is 2.44. The predicted molar refractivity (Wildman–Crippen MR) is 106 cm³/mol. The van der Waals surface area contributed by atoms with E-state index in [1.807, 2.05) is 0 Å². The third kappa shape index (κ3) is 4.03. The minimum atomic E-state index is -2.64. The van der Waals surface area contributed by atoms with Crippen molar-refractivity contribution in [2.75, 3.05) is 28.6 Å². The maximum atomic E-state index is 13.5. The smallest absolute Gasteiger partial charge is 0.323 e. The number of fused-ring (bicyclic) bond motifs is 1. The summed E-state index contributed by atoms with van der Waals surface area (Å²) in [5, 5.41) is 5.53. The third-order valence-corrected chi connectivity index (χ3v) is 5.07. The zero-order valence-corrected chi connectivity index (χ0v) is 16.0. The highest BCUT2D eigenvalue weighted by Gasteiger charge is 2.34. The van der Waals surface area contributed by atoms with E-state index in [-0.39, 0.29) is 31.6 Å². The molecule has 1 aliphatic rings. The van der Waals surface area contributed by atoms with E-state index < -0.39 is 23.6 Å². The molecule has 0 atom stereocenters. The van der Waals surface area contributed by atoms with Gasteiger partial charge in [0, 0.05) is 43.6 Å². The summed E-state index contributed by atoms with van der Waals surface area (Å²) >= 11 is 0. The van der Waals surface area contributed by atoms with Crippen LogP contribution in [0.1, 0.15) is 18.4 Å². The lowest BCUT2D eigenvalue weighted by Gasteiger charge is -2.33. The zero-order valence-electron chi connectivity index (χ0n) is 16.0. The number of urea groups is 1. The molecule has 0 spiro atoms. The Kier molecular flexibility index (Phi) is 5.00. The lowest BCUT2D eigenvalue weighted by atomic mass is 10.1. The van der Waals surface area contributed by atoms with Crippen LogP contribution in [0.2, 0.25) is 0 Å². The number of alkyl halides is 2. The Morgan fingerprint density at radius 1 is 1.13 bits per heavy atom. The lowest BCUT2D eigenvalue weighted by molar-refractivity contribution is -0.0221. The van der Waals surface area contributed by atoms with Crippen LogP contribution in [-0.4, -0.2) is 35.0 Å². The van der Waals surface area contributed by atoms with Crippen molar-refractivity contribution in [3.8, 4) is 0 Å². The SMILES string of the molecule is Cc1cc(NC(=O)Nc2c[nH]c3cc(F)c(F)cc23)cnc1N1CCC(F)(F)CC1. The molecule has 2 amide bonds. The van der Waals surface area contributed by atoms with E-state index in [1.54, 1.807) is 17.9 Å². The fourth-order valence-electron chi connectivity index (χ4n) is 3.52. The van der Waals surface area contributed by atoms with Crippen LogP contribution in [0.4, 0.5) is 39.5 Å². The minimum absolute atomic E-state index is 0.214. The van der Waals surface area contributed by atoms with E-state index in [0.29, 0.717) is 22.4 Å². The first-order chi connectivity index (χ1) is 14.2. The van der Waals surface area contributed by atoms with E-state index in [4.69, 9.17) is 0 Å². The Balaban J connectivity index is 1.44. The summed E-state index contributed by atoms with van der Waals surface area (Å²) in [6.45, 7) is 2.22. The van der Waals surface area contributed by atoms with E-state index in [0.717, 1.165) is 17.7 Å². The quantitative estimate of drug-likeness (QED) is 0.520. The molecule has 0 radical (unpaired) electrons. The van der Waals surface area contributed by atoms with Crippen molar-refractivity contribution in [3.63, 3.8) is 0 Å². The highest BCUT2D eigenvalue weighted by molar-refractivity contribution is 6.05. The highest BCUT2D eigenvalue weighted by Crippen LogP contribution is 2.31. The fraction of sp³-hybridized carbons (Fsp3) is 0.300. The van der Waals surface area contributed by atoms with Gasteiger partial charge in [0.1, 0.15) is 5.82 Å². The molecule has 0 saturated carbocycles. The molecule has 0 bridgehead atoms. The molecule has 2 aromatic heterocycles. The van der Waals surface area contributed by atoms with Gasteiger partial charge in [-0.25, -0.2) is 27.3 Å². The molecule has 4 rings (SSSR count). The van der Waals surface area contributed by atoms with Crippen molar-refractivity contribution in [1.82, 2.24) is 9.97 Å². The van der Waals surface area contributed by atoms with Crippen LogP contribution in [0.5, 0.6) is 0 Å². The molecule has 3 aromatic rings. The number of H-pyrrole nitrogens is 1. The van der Waals surface area contributed by atoms with Gasteiger partial charge >= 0.3 is 6.03 Å². The van der Waals surface area contributed by atoms with E-state index >= 15 is 0 Å². The first kappa shape index (κ1) is 20.0. The van der Waals surface area contributed by atoms with E-state index in [9.17, 15) is 22.4 Å². The number of benzene rings is 1. The van der Waals surface area contributed by atoms with Gasteiger partial charge in [-0.15, -0.1) is 0 Å². The fourth-order valence-corrected chi connectivity index (χ4v) is 3.52. The maximum absolute atomic E-state index is 13.5. The highest BCUT2D eigenvalue weighted by atomic mass is 19.3. The van der Waals surface area contributed by atoms with Crippen LogP contribution in [0, 0.1) is 18.6 Å². The molecule has 10 heteroatoms. The van der Waals surface area contributed by atoms with Crippen molar-refractivity contribution in [2.45, 2.75) is 25.7 Å². The second-order valence-electron chi connectivity index (χ2n) is 7.30. The van der Waals surface area contributed by atoms with Gasteiger partial charge in [0.05, 0.1) is 23.1 Å². The summed E-state index contributed by atoms with van der Waals surface area (Å²) in [5.41, 5.74) is 1.78. The number of aryl methyl sites for hydroxylation is 1. The summed E-state index contributed by atoms with van der Waals surface area (Å²) in [7, 11) is 0. The minimum Gasteiger partial charge on any atom is -0.359 e. The number of aromatic nitrogens is 2.